The van der Waals surface area contributed by atoms with Crippen LogP contribution in [-0.4, -0.2) is 30.5 Å². The zero-order chi connectivity index (χ0) is 10.8. The quantitative estimate of drug-likeness (QED) is 0.766. The van der Waals surface area contributed by atoms with Gasteiger partial charge in [-0.1, -0.05) is 5.21 Å². The molecule has 0 aliphatic rings. The van der Waals surface area contributed by atoms with Gasteiger partial charge in [0.1, 0.15) is 10.9 Å². The molecule has 1 N–H and O–H groups in total. The molecule has 1 unspecified atom stereocenters. The fourth-order valence-electron chi connectivity index (χ4n) is 0.990. The van der Waals surface area contributed by atoms with Gasteiger partial charge in [0.2, 0.25) is 10.0 Å². The van der Waals surface area contributed by atoms with Gasteiger partial charge in [-0.3, -0.25) is 4.68 Å². The number of aryl methyl sites for hydroxylation is 1. The first-order chi connectivity index (χ1) is 6.51. The normalized spacial score (nSPS) is 14.2. The van der Waals surface area contributed by atoms with Crippen LogP contribution in [0.15, 0.2) is 6.20 Å². The second-order valence-corrected chi connectivity index (χ2v) is 5.10. The van der Waals surface area contributed by atoms with Crippen molar-refractivity contribution in [2.45, 2.75) is 25.6 Å². The summed E-state index contributed by atoms with van der Waals surface area (Å²) in [6.45, 7) is 4.17. The number of aromatic nitrogens is 3. The predicted octanol–water partition coefficient (Wildman–Crippen LogP) is -0.0918. The van der Waals surface area contributed by atoms with E-state index in [2.05, 4.69) is 15.0 Å². The molecule has 0 fully saturated rings. The third-order valence-corrected chi connectivity index (χ3v) is 3.79. The maximum absolute atomic E-state index is 11.4. The van der Waals surface area contributed by atoms with E-state index >= 15 is 0 Å². The van der Waals surface area contributed by atoms with Crippen molar-refractivity contribution < 1.29 is 8.42 Å². The van der Waals surface area contributed by atoms with Crippen molar-refractivity contribution in [3.8, 4) is 0 Å². The van der Waals surface area contributed by atoms with Gasteiger partial charge >= 0.3 is 0 Å². The Morgan fingerprint density at radius 1 is 1.64 bits per heavy atom. The van der Waals surface area contributed by atoms with Crippen LogP contribution >= 0.6 is 0 Å². The van der Waals surface area contributed by atoms with Crippen molar-refractivity contribution in [2.75, 3.05) is 7.05 Å². The smallest absolute Gasteiger partial charge is 0.219 e. The highest BCUT2D eigenvalue weighted by atomic mass is 32.2. The number of hydrogen-bond acceptors (Lipinski definition) is 4. The zero-order valence-corrected chi connectivity index (χ0v) is 9.24. The molecule has 1 aromatic rings. The minimum absolute atomic E-state index is 0.459. The van der Waals surface area contributed by atoms with Crippen molar-refractivity contribution in [3.63, 3.8) is 0 Å². The van der Waals surface area contributed by atoms with Crippen LogP contribution < -0.4 is 4.72 Å². The minimum atomic E-state index is -3.31. The van der Waals surface area contributed by atoms with Crippen LogP contribution in [0.2, 0.25) is 0 Å². The van der Waals surface area contributed by atoms with Gasteiger partial charge in [-0.25, -0.2) is 13.1 Å². The molecule has 80 valence electrons. The second-order valence-electron chi connectivity index (χ2n) is 2.89. The third kappa shape index (κ3) is 2.10. The van der Waals surface area contributed by atoms with Crippen LogP contribution in [0.3, 0.4) is 0 Å². The third-order valence-electron chi connectivity index (χ3n) is 2.05. The monoisotopic (exact) mass is 218 g/mol. The Morgan fingerprint density at radius 2 is 2.29 bits per heavy atom. The SMILES string of the molecule is CCn1cc(C(C)S(=O)(=O)NC)nn1. The minimum Gasteiger partial charge on any atom is -0.253 e. The van der Waals surface area contributed by atoms with Crippen LogP contribution in [0, 0.1) is 0 Å². The lowest BCUT2D eigenvalue weighted by Crippen LogP contribution is -2.24. The summed E-state index contributed by atoms with van der Waals surface area (Å²) in [5.41, 5.74) is 0.459. The van der Waals surface area contributed by atoms with Gasteiger partial charge in [0.05, 0.1) is 0 Å². The fourth-order valence-corrected chi connectivity index (χ4v) is 1.77. The lowest BCUT2D eigenvalue weighted by molar-refractivity contribution is 0.576. The van der Waals surface area contributed by atoms with E-state index < -0.39 is 15.3 Å². The number of hydrogen-bond donors (Lipinski definition) is 1. The van der Waals surface area contributed by atoms with Crippen LogP contribution in [0.1, 0.15) is 24.8 Å². The van der Waals surface area contributed by atoms with E-state index in [9.17, 15) is 8.42 Å². The number of rotatable bonds is 4. The summed E-state index contributed by atoms with van der Waals surface area (Å²) in [6, 6.07) is 0. The molecule has 1 aromatic heterocycles. The van der Waals surface area contributed by atoms with Crippen molar-refractivity contribution in [2.24, 2.45) is 0 Å². The molecular formula is C7H14N4O2S. The summed E-state index contributed by atoms with van der Waals surface area (Å²) in [4.78, 5) is 0. The van der Waals surface area contributed by atoms with Gasteiger partial charge in [-0.2, -0.15) is 0 Å². The van der Waals surface area contributed by atoms with E-state index in [1.165, 1.54) is 7.05 Å². The Hall–Kier alpha value is -0.950. The summed E-state index contributed by atoms with van der Waals surface area (Å²) >= 11 is 0. The molecule has 14 heavy (non-hydrogen) atoms. The van der Waals surface area contributed by atoms with Crippen molar-refractivity contribution >= 4 is 10.0 Å². The van der Waals surface area contributed by atoms with E-state index in [1.807, 2.05) is 6.92 Å². The summed E-state index contributed by atoms with van der Waals surface area (Å²) in [7, 11) is -1.93. The summed E-state index contributed by atoms with van der Waals surface area (Å²) in [6.07, 6.45) is 1.64. The van der Waals surface area contributed by atoms with Crippen LogP contribution in [0.25, 0.3) is 0 Å². The van der Waals surface area contributed by atoms with Gasteiger partial charge in [-0.05, 0) is 20.9 Å². The van der Waals surface area contributed by atoms with E-state index in [1.54, 1.807) is 17.8 Å². The summed E-state index contributed by atoms with van der Waals surface area (Å²) < 4.78 is 26.7. The van der Waals surface area contributed by atoms with Crippen molar-refractivity contribution in [3.05, 3.63) is 11.9 Å². The van der Waals surface area contributed by atoms with Crippen molar-refractivity contribution in [1.29, 1.82) is 0 Å². The van der Waals surface area contributed by atoms with Gasteiger partial charge in [-0.15, -0.1) is 5.10 Å². The predicted molar refractivity (Wildman–Crippen MR) is 52.1 cm³/mol. The molecule has 0 aromatic carbocycles. The highest BCUT2D eigenvalue weighted by Crippen LogP contribution is 2.17. The van der Waals surface area contributed by atoms with E-state index in [-0.39, 0.29) is 0 Å². The standard InChI is InChI=1S/C7H14N4O2S/c1-4-11-5-7(9-10-11)6(2)14(12,13)8-3/h5-6,8H,4H2,1-3H3. The lowest BCUT2D eigenvalue weighted by atomic mass is 10.4. The molecule has 0 radical (unpaired) electrons. The van der Waals surface area contributed by atoms with E-state index in [4.69, 9.17) is 0 Å². The number of nitrogens with one attached hydrogen (secondary N) is 1. The number of nitrogens with zero attached hydrogens (tertiary/aromatic N) is 3. The molecule has 1 atom stereocenters. The Kier molecular flexibility index (Phi) is 3.22. The maximum Gasteiger partial charge on any atom is 0.219 e. The van der Waals surface area contributed by atoms with E-state index in [0.717, 1.165) is 0 Å². The Labute approximate surface area is 83.4 Å². The zero-order valence-electron chi connectivity index (χ0n) is 8.43. The van der Waals surface area contributed by atoms with Crippen molar-refractivity contribution in [1.82, 2.24) is 19.7 Å². The van der Waals surface area contributed by atoms with Gasteiger partial charge in [0.15, 0.2) is 0 Å². The maximum atomic E-state index is 11.4. The average Bonchev–Trinajstić information content (AvgIpc) is 2.64. The molecule has 0 bridgehead atoms. The second kappa shape index (κ2) is 4.05. The van der Waals surface area contributed by atoms with Crippen LogP contribution in [-0.2, 0) is 16.6 Å². The molecule has 0 spiro atoms. The molecule has 7 heteroatoms. The topological polar surface area (TPSA) is 76.9 Å². The molecule has 0 amide bonds. The fraction of sp³-hybridized carbons (Fsp3) is 0.714. The van der Waals surface area contributed by atoms with E-state index in [0.29, 0.717) is 12.2 Å². The molecule has 0 saturated carbocycles. The number of sulfonamides is 1. The highest BCUT2D eigenvalue weighted by molar-refractivity contribution is 7.89. The Bertz CT molecular complexity index is 398. The van der Waals surface area contributed by atoms with Gasteiger partial charge in [0.25, 0.3) is 0 Å². The highest BCUT2D eigenvalue weighted by Gasteiger charge is 2.23. The Balaban J connectivity index is 2.95. The largest absolute Gasteiger partial charge is 0.253 e. The van der Waals surface area contributed by atoms with Crippen LogP contribution in [0.4, 0.5) is 0 Å². The summed E-state index contributed by atoms with van der Waals surface area (Å²) in [5, 5.41) is 6.90. The Morgan fingerprint density at radius 3 is 2.71 bits per heavy atom. The molecule has 1 rings (SSSR count). The first-order valence-corrected chi connectivity index (χ1v) is 5.88. The summed E-state index contributed by atoms with van der Waals surface area (Å²) in [5.74, 6) is 0. The van der Waals surface area contributed by atoms with Gasteiger partial charge in [0, 0.05) is 12.7 Å². The first kappa shape index (κ1) is 11.1. The molecule has 6 nitrogen and oxygen atoms in total. The average molecular weight is 218 g/mol. The molecule has 1 heterocycles. The van der Waals surface area contributed by atoms with Crippen LogP contribution in [0.5, 0.6) is 0 Å². The first-order valence-electron chi connectivity index (χ1n) is 4.33. The molecular weight excluding hydrogens is 204 g/mol. The molecule has 0 aliphatic carbocycles. The van der Waals surface area contributed by atoms with Gasteiger partial charge < -0.3 is 0 Å². The molecule has 0 saturated heterocycles. The molecule has 0 aliphatic heterocycles. The lowest BCUT2D eigenvalue weighted by Gasteiger charge is -2.07.